The Bertz CT molecular complexity index is 851. The van der Waals surface area contributed by atoms with Crippen LogP contribution < -0.4 is 5.32 Å². The maximum Gasteiger partial charge on any atom is 0.268 e. The fourth-order valence-corrected chi connectivity index (χ4v) is 2.85. The second kappa shape index (κ2) is 7.34. The molecular weight excluding hydrogens is 310 g/mol. The number of carbonyl (C=O) groups excluding carboxylic acids is 1. The van der Waals surface area contributed by atoms with Crippen LogP contribution in [0.4, 0.5) is 0 Å². The summed E-state index contributed by atoms with van der Waals surface area (Å²) >= 11 is 0. The number of benzene rings is 1. The van der Waals surface area contributed by atoms with Crippen LogP contribution in [-0.2, 0) is 6.54 Å². The third-order valence-corrected chi connectivity index (χ3v) is 4.39. The standard InChI is InChI=1S/C21H23N3O/c1-4-24-14-19(17-9-7-15(2)8-10-17)12-20(24)21(25)23-16(3)18-6-5-11-22-13-18/h5-14,16H,4H2,1-3H3,(H,23,25). The molecule has 1 aromatic carbocycles. The molecule has 2 aromatic heterocycles. The number of nitrogens with one attached hydrogen (secondary N) is 1. The summed E-state index contributed by atoms with van der Waals surface area (Å²) in [5, 5.41) is 3.06. The quantitative estimate of drug-likeness (QED) is 0.753. The van der Waals surface area contributed by atoms with Crippen molar-refractivity contribution in [1.82, 2.24) is 14.9 Å². The van der Waals surface area contributed by atoms with Gasteiger partial charge in [0.2, 0.25) is 0 Å². The van der Waals surface area contributed by atoms with Crippen LogP contribution in [0.3, 0.4) is 0 Å². The molecule has 0 fully saturated rings. The minimum Gasteiger partial charge on any atom is -0.344 e. The van der Waals surface area contributed by atoms with Crippen LogP contribution in [0.1, 0.15) is 41.5 Å². The first kappa shape index (κ1) is 17.0. The number of aryl methyl sites for hydroxylation is 2. The van der Waals surface area contributed by atoms with E-state index >= 15 is 0 Å². The molecule has 0 aliphatic rings. The number of rotatable bonds is 5. The Morgan fingerprint density at radius 3 is 2.60 bits per heavy atom. The molecule has 4 nitrogen and oxygen atoms in total. The van der Waals surface area contributed by atoms with Gasteiger partial charge in [-0.25, -0.2) is 0 Å². The van der Waals surface area contributed by atoms with Crippen LogP contribution in [0.25, 0.3) is 11.1 Å². The Morgan fingerprint density at radius 2 is 1.96 bits per heavy atom. The lowest BCUT2D eigenvalue weighted by Crippen LogP contribution is -2.28. The van der Waals surface area contributed by atoms with E-state index in [-0.39, 0.29) is 11.9 Å². The van der Waals surface area contributed by atoms with Gasteiger partial charge in [0.15, 0.2) is 0 Å². The van der Waals surface area contributed by atoms with E-state index in [2.05, 4.69) is 41.5 Å². The van der Waals surface area contributed by atoms with E-state index in [1.807, 2.05) is 42.8 Å². The molecule has 0 aliphatic heterocycles. The first-order chi connectivity index (χ1) is 12.1. The largest absolute Gasteiger partial charge is 0.344 e. The minimum atomic E-state index is -0.0933. The predicted molar refractivity (Wildman–Crippen MR) is 100 cm³/mol. The maximum absolute atomic E-state index is 12.8. The van der Waals surface area contributed by atoms with E-state index in [0.717, 1.165) is 23.2 Å². The highest BCUT2D eigenvalue weighted by atomic mass is 16.2. The summed E-state index contributed by atoms with van der Waals surface area (Å²) in [5.41, 5.74) is 5.06. The van der Waals surface area contributed by atoms with E-state index in [1.54, 1.807) is 12.4 Å². The zero-order valence-corrected chi connectivity index (χ0v) is 14.9. The van der Waals surface area contributed by atoms with Crippen molar-refractivity contribution in [3.8, 4) is 11.1 Å². The van der Waals surface area contributed by atoms with Crippen molar-refractivity contribution in [2.24, 2.45) is 0 Å². The fraction of sp³-hybridized carbons (Fsp3) is 0.238. The highest BCUT2D eigenvalue weighted by molar-refractivity contribution is 5.94. The zero-order valence-electron chi connectivity index (χ0n) is 14.9. The number of hydrogen-bond acceptors (Lipinski definition) is 2. The van der Waals surface area contributed by atoms with Gasteiger partial charge in [0, 0.05) is 30.7 Å². The summed E-state index contributed by atoms with van der Waals surface area (Å²) in [6.45, 7) is 6.82. The van der Waals surface area contributed by atoms with E-state index in [9.17, 15) is 4.79 Å². The van der Waals surface area contributed by atoms with Crippen LogP contribution in [0.2, 0.25) is 0 Å². The van der Waals surface area contributed by atoms with Crippen LogP contribution >= 0.6 is 0 Å². The van der Waals surface area contributed by atoms with Crippen molar-refractivity contribution in [2.45, 2.75) is 33.4 Å². The van der Waals surface area contributed by atoms with E-state index in [4.69, 9.17) is 0 Å². The molecule has 0 spiro atoms. The number of aromatic nitrogens is 2. The fourth-order valence-electron chi connectivity index (χ4n) is 2.85. The SMILES string of the molecule is CCn1cc(-c2ccc(C)cc2)cc1C(=O)NC(C)c1cccnc1. The summed E-state index contributed by atoms with van der Waals surface area (Å²) in [7, 11) is 0. The molecule has 3 rings (SSSR count). The van der Waals surface area contributed by atoms with Crippen molar-refractivity contribution in [3.05, 3.63) is 77.9 Å². The lowest BCUT2D eigenvalue weighted by Gasteiger charge is -2.14. The summed E-state index contributed by atoms with van der Waals surface area (Å²) in [5.74, 6) is -0.0726. The molecule has 1 atom stereocenters. The van der Waals surface area contributed by atoms with Crippen molar-refractivity contribution in [3.63, 3.8) is 0 Å². The van der Waals surface area contributed by atoms with Gasteiger partial charge in [-0.2, -0.15) is 0 Å². The van der Waals surface area contributed by atoms with Crippen molar-refractivity contribution in [1.29, 1.82) is 0 Å². The van der Waals surface area contributed by atoms with Crippen LogP contribution in [0.15, 0.2) is 61.1 Å². The molecule has 0 radical (unpaired) electrons. The molecule has 0 aliphatic carbocycles. The number of amides is 1. The number of hydrogen-bond donors (Lipinski definition) is 1. The van der Waals surface area contributed by atoms with E-state index in [1.165, 1.54) is 5.56 Å². The van der Waals surface area contributed by atoms with Gasteiger partial charge in [0.25, 0.3) is 5.91 Å². The average Bonchev–Trinajstić information content (AvgIpc) is 3.07. The van der Waals surface area contributed by atoms with Gasteiger partial charge >= 0.3 is 0 Å². The Kier molecular flexibility index (Phi) is 4.98. The molecule has 3 aromatic rings. The molecule has 4 heteroatoms. The summed E-state index contributed by atoms with van der Waals surface area (Å²) < 4.78 is 1.99. The molecule has 128 valence electrons. The normalized spacial score (nSPS) is 12.0. The van der Waals surface area contributed by atoms with Crippen molar-refractivity contribution < 1.29 is 4.79 Å². The third-order valence-electron chi connectivity index (χ3n) is 4.39. The van der Waals surface area contributed by atoms with Gasteiger partial charge in [0.05, 0.1) is 6.04 Å². The van der Waals surface area contributed by atoms with E-state index < -0.39 is 0 Å². The smallest absolute Gasteiger partial charge is 0.268 e. The highest BCUT2D eigenvalue weighted by Gasteiger charge is 2.16. The predicted octanol–water partition coefficient (Wildman–Crippen LogP) is 4.37. The minimum absolute atomic E-state index is 0.0726. The zero-order chi connectivity index (χ0) is 17.8. The summed E-state index contributed by atoms with van der Waals surface area (Å²) in [4.78, 5) is 16.9. The molecule has 0 saturated carbocycles. The molecule has 1 amide bonds. The van der Waals surface area contributed by atoms with Gasteiger partial charge in [-0.1, -0.05) is 35.9 Å². The van der Waals surface area contributed by atoms with Gasteiger partial charge in [-0.3, -0.25) is 9.78 Å². The lowest BCUT2D eigenvalue weighted by molar-refractivity contribution is 0.0930. The Morgan fingerprint density at radius 1 is 1.20 bits per heavy atom. The Hall–Kier alpha value is -2.88. The third kappa shape index (κ3) is 3.79. The Labute approximate surface area is 148 Å². The number of nitrogens with zero attached hydrogens (tertiary/aromatic N) is 2. The molecular formula is C21H23N3O. The lowest BCUT2D eigenvalue weighted by atomic mass is 10.1. The molecule has 0 saturated heterocycles. The molecule has 0 bridgehead atoms. The van der Waals surface area contributed by atoms with Gasteiger partial charge in [-0.15, -0.1) is 0 Å². The molecule has 2 heterocycles. The van der Waals surface area contributed by atoms with Crippen LogP contribution in [0.5, 0.6) is 0 Å². The second-order valence-corrected chi connectivity index (χ2v) is 6.25. The van der Waals surface area contributed by atoms with Gasteiger partial charge < -0.3 is 9.88 Å². The number of pyridine rings is 1. The topological polar surface area (TPSA) is 46.9 Å². The first-order valence-electron chi connectivity index (χ1n) is 8.56. The van der Waals surface area contributed by atoms with Crippen LogP contribution in [-0.4, -0.2) is 15.5 Å². The average molecular weight is 333 g/mol. The van der Waals surface area contributed by atoms with Gasteiger partial charge in [-0.05, 0) is 44.0 Å². The highest BCUT2D eigenvalue weighted by Crippen LogP contribution is 2.23. The summed E-state index contributed by atoms with van der Waals surface area (Å²) in [6.07, 6.45) is 5.55. The van der Waals surface area contributed by atoms with Crippen molar-refractivity contribution in [2.75, 3.05) is 0 Å². The maximum atomic E-state index is 12.8. The molecule has 1 unspecified atom stereocenters. The number of carbonyl (C=O) groups is 1. The monoisotopic (exact) mass is 333 g/mol. The van der Waals surface area contributed by atoms with Crippen molar-refractivity contribution >= 4 is 5.91 Å². The first-order valence-corrected chi connectivity index (χ1v) is 8.56. The second-order valence-electron chi connectivity index (χ2n) is 6.25. The molecule has 1 N–H and O–H groups in total. The molecule has 25 heavy (non-hydrogen) atoms. The van der Waals surface area contributed by atoms with Gasteiger partial charge in [0.1, 0.15) is 5.69 Å². The van der Waals surface area contributed by atoms with E-state index in [0.29, 0.717) is 5.69 Å². The van der Waals surface area contributed by atoms with Crippen LogP contribution in [0, 0.1) is 6.92 Å². The summed E-state index contributed by atoms with van der Waals surface area (Å²) in [6, 6.07) is 14.1. The Balaban J connectivity index is 1.83.